The van der Waals surface area contributed by atoms with E-state index in [1.54, 1.807) is 6.26 Å². The zero-order valence-corrected chi connectivity index (χ0v) is 14.1. The fourth-order valence-electron chi connectivity index (χ4n) is 2.88. The Morgan fingerprint density at radius 1 is 1.48 bits per heavy atom. The number of nitrogens with zero attached hydrogens (tertiary/aromatic N) is 1. The molecule has 5 nitrogen and oxygen atoms in total. The lowest BCUT2D eigenvalue weighted by Crippen LogP contribution is -2.30. The van der Waals surface area contributed by atoms with Crippen LogP contribution in [0.3, 0.4) is 0 Å². The SMILES string of the molecule is CC1(C)Cc2c(C#N)c(NCCO)[nH+]c(-c3ccco3)c2CS1. The van der Waals surface area contributed by atoms with Crippen LogP contribution in [-0.2, 0) is 12.2 Å². The van der Waals surface area contributed by atoms with Gasteiger partial charge in [0.25, 0.3) is 5.82 Å². The third-order valence-electron chi connectivity index (χ3n) is 3.97. The van der Waals surface area contributed by atoms with E-state index in [0.29, 0.717) is 17.9 Å². The number of aromatic amines is 1. The van der Waals surface area contributed by atoms with Gasteiger partial charge in [-0.05, 0) is 24.1 Å². The topological polar surface area (TPSA) is 83.3 Å². The third-order valence-corrected chi connectivity index (χ3v) is 5.33. The van der Waals surface area contributed by atoms with Gasteiger partial charge in [0, 0.05) is 16.1 Å². The lowest BCUT2D eigenvalue weighted by atomic mass is 9.92. The van der Waals surface area contributed by atoms with Crippen molar-refractivity contribution in [3.63, 3.8) is 0 Å². The number of aliphatic hydroxyl groups is 1. The molecule has 3 N–H and O–H groups in total. The molecule has 3 rings (SSSR count). The Morgan fingerprint density at radius 3 is 2.96 bits per heavy atom. The van der Waals surface area contributed by atoms with Gasteiger partial charge in [0.2, 0.25) is 0 Å². The van der Waals surface area contributed by atoms with E-state index in [1.807, 2.05) is 23.9 Å². The molecule has 0 saturated carbocycles. The fourth-order valence-corrected chi connectivity index (χ4v) is 3.98. The van der Waals surface area contributed by atoms with Crippen LogP contribution in [0.15, 0.2) is 22.8 Å². The Morgan fingerprint density at radius 2 is 2.30 bits per heavy atom. The number of hydrogen-bond acceptors (Lipinski definition) is 5. The Bertz CT molecular complexity index is 748. The largest absolute Gasteiger partial charge is 0.461 e. The van der Waals surface area contributed by atoms with Gasteiger partial charge in [0.15, 0.2) is 11.5 Å². The highest BCUT2D eigenvalue weighted by atomic mass is 32.2. The quantitative estimate of drug-likeness (QED) is 0.900. The second-order valence-electron chi connectivity index (χ2n) is 6.17. The van der Waals surface area contributed by atoms with Gasteiger partial charge in [-0.1, -0.05) is 13.8 Å². The fraction of sp³-hybridized carbons (Fsp3) is 0.412. The average Bonchev–Trinajstić information content (AvgIpc) is 3.05. The summed E-state index contributed by atoms with van der Waals surface area (Å²) in [7, 11) is 0. The van der Waals surface area contributed by atoms with Gasteiger partial charge < -0.3 is 9.52 Å². The summed E-state index contributed by atoms with van der Waals surface area (Å²) in [5.41, 5.74) is 3.75. The van der Waals surface area contributed by atoms with E-state index < -0.39 is 0 Å². The molecule has 120 valence electrons. The van der Waals surface area contributed by atoms with Gasteiger partial charge in [0.1, 0.15) is 18.2 Å². The van der Waals surface area contributed by atoms with Crippen LogP contribution >= 0.6 is 11.8 Å². The molecule has 0 saturated heterocycles. The Kier molecular flexibility index (Phi) is 4.33. The van der Waals surface area contributed by atoms with Crippen molar-refractivity contribution in [3.8, 4) is 17.5 Å². The van der Waals surface area contributed by atoms with Crippen molar-refractivity contribution in [3.05, 3.63) is 35.1 Å². The first-order valence-electron chi connectivity index (χ1n) is 7.59. The maximum absolute atomic E-state index is 9.66. The average molecular weight is 330 g/mol. The van der Waals surface area contributed by atoms with Crippen LogP contribution < -0.4 is 10.3 Å². The number of furan rings is 1. The molecule has 0 spiro atoms. The molecule has 0 aromatic carbocycles. The minimum absolute atomic E-state index is 0.00717. The van der Waals surface area contributed by atoms with E-state index in [4.69, 9.17) is 9.52 Å². The first kappa shape index (κ1) is 15.9. The number of nitrogens with one attached hydrogen (secondary N) is 2. The van der Waals surface area contributed by atoms with Crippen LogP contribution in [0.25, 0.3) is 11.5 Å². The van der Waals surface area contributed by atoms with Crippen LogP contribution in [0.4, 0.5) is 5.82 Å². The summed E-state index contributed by atoms with van der Waals surface area (Å²) in [6, 6.07) is 6.10. The van der Waals surface area contributed by atoms with Crippen molar-refractivity contribution in [2.75, 3.05) is 18.5 Å². The molecule has 2 aromatic heterocycles. The summed E-state index contributed by atoms with van der Waals surface area (Å²) in [4.78, 5) is 3.30. The maximum atomic E-state index is 9.66. The number of aromatic nitrogens is 1. The minimum atomic E-state index is 0.00717. The van der Waals surface area contributed by atoms with E-state index in [2.05, 4.69) is 30.2 Å². The van der Waals surface area contributed by atoms with Gasteiger partial charge in [-0.25, -0.2) is 4.98 Å². The van der Waals surface area contributed by atoms with Crippen molar-refractivity contribution in [2.24, 2.45) is 0 Å². The Labute approximate surface area is 139 Å². The van der Waals surface area contributed by atoms with Gasteiger partial charge in [-0.2, -0.15) is 17.0 Å². The summed E-state index contributed by atoms with van der Waals surface area (Å²) in [6.07, 6.45) is 2.47. The molecule has 0 radical (unpaired) electrons. The normalized spacial score (nSPS) is 15.7. The monoisotopic (exact) mass is 330 g/mol. The molecule has 0 atom stereocenters. The molecule has 3 heterocycles. The standard InChI is InChI=1S/C17H19N3O2S/c1-17(2)8-11-12(9-18)16(19-5-6-21)20-15(13(11)10-23-17)14-4-3-7-22-14/h3-4,7,21H,5-6,8,10H2,1-2H3,(H,19,20)/p+1. The van der Waals surface area contributed by atoms with Crippen molar-refractivity contribution in [2.45, 2.75) is 30.8 Å². The van der Waals surface area contributed by atoms with Crippen LogP contribution in [0, 0.1) is 11.3 Å². The molecule has 0 amide bonds. The predicted molar refractivity (Wildman–Crippen MR) is 90.1 cm³/mol. The van der Waals surface area contributed by atoms with Crippen molar-refractivity contribution in [1.29, 1.82) is 5.26 Å². The summed E-state index contributed by atoms with van der Waals surface area (Å²) < 4.78 is 5.66. The van der Waals surface area contributed by atoms with Gasteiger partial charge in [-0.15, -0.1) is 0 Å². The number of nitriles is 1. The highest BCUT2D eigenvalue weighted by molar-refractivity contribution is 7.99. The molecular formula is C17H20N3O2S+. The number of anilines is 1. The second kappa shape index (κ2) is 6.26. The van der Waals surface area contributed by atoms with Crippen LogP contribution in [0.1, 0.15) is 30.5 Å². The maximum Gasteiger partial charge on any atom is 0.291 e. The van der Waals surface area contributed by atoms with E-state index in [0.717, 1.165) is 34.8 Å². The van der Waals surface area contributed by atoms with Crippen molar-refractivity contribution >= 4 is 17.6 Å². The highest BCUT2D eigenvalue weighted by Crippen LogP contribution is 2.42. The molecule has 0 unspecified atom stereocenters. The van der Waals surface area contributed by atoms with E-state index in [-0.39, 0.29) is 11.4 Å². The van der Waals surface area contributed by atoms with E-state index in [1.165, 1.54) is 0 Å². The van der Waals surface area contributed by atoms with Gasteiger partial charge in [-0.3, -0.25) is 5.32 Å². The first-order valence-corrected chi connectivity index (χ1v) is 8.58. The zero-order valence-electron chi connectivity index (χ0n) is 13.3. The molecule has 0 fully saturated rings. The number of aliphatic hydroxyl groups excluding tert-OH is 1. The van der Waals surface area contributed by atoms with E-state index in [9.17, 15) is 5.26 Å². The Hall–Kier alpha value is -1.97. The minimum Gasteiger partial charge on any atom is -0.461 e. The second-order valence-corrected chi connectivity index (χ2v) is 7.85. The highest BCUT2D eigenvalue weighted by Gasteiger charge is 2.34. The lowest BCUT2D eigenvalue weighted by molar-refractivity contribution is -0.349. The lowest BCUT2D eigenvalue weighted by Gasteiger charge is -2.31. The molecule has 1 aliphatic heterocycles. The number of H-pyrrole nitrogens is 1. The molecule has 6 heteroatoms. The summed E-state index contributed by atoms with van der Waals surface area (Å²) in [5, 5.41) is 21.9. The molecule has 0 bridgehead atoms. The van der Waals surface area contributed by atoms with Crippen LogP contribution in [0.5, 0.6) is 0 Å². The number of thioether (sulfide) groups is 1. The molecule has 0 aliphatic carbocycles. The summed E-state index contributed by atoms with van der Waals surface area (Å²) in [6.45, 7) is 4.80. The van der Waals surface area contributed by atoms with Crippen molar-refractivity contribution in [1.82, 2.24) is 0 Å². The van der Waals surface area contributed by atoms with Crippen molar-refractivity contribution < 1.29 is 14.5 Å². The van der Waals surface area contributed by atoms with Gasteiger partial charge >= 0.3 is 0 Å². The summed E-state index contributed by atoms with van der Waals surface area (Å²) >= 11 is 1.89. The zero-order chi connectivity index (χ0) is 16.4. The summed E-state index contributed by atoms with van der Waals surface area (Å²) in [5.74, 6) is 2.25. The molecular weight excluding hydrogens is 310 g/mol. The third kappa shape index (κ3) is 3.07. The number of rotatable bonds is 4. The number of pyridine rings is 1. The Balaban J connectivity index is 2.20. The first-order chi connectivity index (χ1) is 11.1. The van der Waals surface area contributed by atoms with E-state index >= 15 is 0 Å². The smallest absolute Gasteiger partial charge is 0.291 e. The molecule has 23 heavy (non-hydrogen) atoms. The number of fused-ring (bicyclic) bond motifs is 1. The number of hydrogen-bond donors (Lipinski definition) is 2. The molecule has 2 aromatic rings. The van der Waals surface area contributed by atoms with Crippen LogP contribution in [0.2, 0.25) is 0 Å². The molecule has 1 aliphatic rings. The van der Waals surface area contributed by atoms with Gasteiger partial charge in [0.05, 0.1) is 12.9 Å². The van der Waals surface area contributed by atoms with Crippen LogP contribution in [-0.4, -0.2) is 23.0 Å². The predicted octanol–water partition coefficient (Wildman–Crippen LogP) is 2.60.